The van der Waals surface area contributed by atoms with Crippen LogP contribution in [0.2, 0.25) is 0 Å². The summed E-state index contributed by atoms with van der Waals surface area (Å²) in [6, 6.07) is 0. The summed E-state index contributed by atoms with van der Waals surface area (Å²) < 4.78 is 2.42. The zero-order valence-electron chi connectivity index (χ0n) is 16.9. The van der Waals surface area contributed by atoms with E-state index in [0.29, 0.717) is 17.7 Å². The summed E-state index contributed by atoms with van der Waals surface area (Å²) in [7, 11) is 1.87. The van der Waals surface area contributed by atoms with E-state index in [2.05, 4.69) is 44.2 Å². The molecule has 8 nitrogen and oxygen atoms in total. The molecular weight excluding hydrogens is 406 g/mol. The molecule has 3 aromatic heterocycles. The maximum Gasteiger partial charge on any atom is 0.223 e. The molecule has 0 unspecified atom stereocenters. The first-order valence-corrected chi connectivity index (χ1v) is 11.0. The van der Waals surface area contributed by atoms with Crippen molar-refractivity contribution >= 4 is 45.5 Å². The number of fused-ring (bicyclic) bond motifs is 1. The summed E-state index contributed by atoms with van der Waals surface area (Å²) in [6.07, 6.45) is 3.96. The van der Waals surface area contributed by atoms with Gasteiger partial charge in [-0.25, -0.2) is 9.97 Å². The number of nitrogens with zero attached hydrogens (tertiary/aromatic N) is 5. The Labute approximate surface area is 178 Å². The van der Waals surface area contributed by atoms with E-state index in [-0.39, 0.29) is 11.8 Å². The van der Waals surface area contributed by atoms with Gasteiger partial charge in [0.2, 0.25) is 5.91 Å². The molecule has 0 aliphatic carbocycles. The lowest BCUT2D eigenvalue weighted by atomic mass is 9.95. The van der Waals surface area contributed by atoms with Crippen LogP contribution in [-0.4, -0.2) is 50.3 Å². The summed E-state index contributed by atoms with van der Waals surface area (Å²) in [5.41, 5.74) is 1.26. The average molecular weight is 432 g/mol. The van der Waals surface area contributed by atoms with Gasteiger partial charge >= 0.3 is 0 Å². The molecule has 10 heteroatoms. The van der Waals surface area contributed by atoms with E-state index < -0.39 is 0 Å². The van der Waals surface area contributed by atoms with E-state index >= 15 is 0 Å². The highest BCUT2D eigenvalue weighted by Gasteiger charge is 2.27. The Hall–Kier alpha value is -2.33. The molecule has 29 heavy (non-hydrogen) atoms. The molecule has 1 fully saturated rings. The van der Waals surface area contributed by atoms with E-state index in [0.717, 1.165) is 47.8 Å². The Balaban J connectivity index is 1.34. The molecule has 2 N–H and O–H groups in total. The molecule has 0 saturated carbocycles. The lowest BCUT2D eigenvalue weighted by Crippen LogP contribution is -2.41. The second-order valence-electron chi connectivity index (χ2n) is 7.47. The highest BCUT2D eigenvalue weighted by atomic mass is 32.1. The van der Waals surface area contributed by atoms with Crippen LogP contribution in [0.3, 0.4) is 0 Å². The van der Waals surface area contributed by atoms with Crippen LogP contribution in [0.5, 0.6) is 0 Å². The first kappa shape index (κ1) is 20.0. The number of aromatic amines is 1. The van der Waals surface area contributed by atoms with Crippen LogP contribution in [0, 0.1) is 24.5 Å². The Bertz CT molecular complexity index is 1090. The molecule has 154 valence electrons. The largest absolute Gasteiger partial charge is 0.356 e. The number of hydrogen-bond donors (Lipinski definition) is 2. The topological polar surface area (TPSA) is 91.7 Å². The first-order chi connectivity index (χ1) is 14.0. The molecule has 0 aromatic carbocycles. The molecule has 0 radical (unpaired) electrons. The predicted octanol–water partition coefficient (Wildman–Crippen LogP) is 2.67. The van der Waals surface area contributed by atoms with Crippen LogP contribution >= 0.6 is 23.6 Å². The fourth-order valence-electron chi connectivity index (χ4n) is 3.80. The SMILES string of the molecule is Cc1sc2ncnc(N3CCC(C(=O)NCCc4n[nH]c(=S)n4C)CC3)c2c1C. The highest BCUT2D eigenvalue weighted by molar-refractivity contribution is 7.71. The van der Waals surface area contributed by atoms with Crippen molar-refractivity contribution < 1.29 is 4.79 Å². The van der Waals surface area contributed by atoms with Gasteiger partial charge in [0.1, 0.15) is 22.8 Å². The third kappa shape index (κ3) is 3.91. The van der Waals surface area contributed by atoms with Gasteiger partial charge in [0.15, 0.2) is 4.77 Å². The highest BCUT2D eigenvalue weighted by Crippen LogP contribution is 2.35. The number of piperidine rings is 1. The Morgan fingerprint density at radius 3 is 2.79 bits per heavy atom. The quantitative estimate of drug-likeness (QED) is 0.604. The minimum absolute atomic E-state index is 0.0383. The molecule has 1 saturated heterocycles. The lowest BCUT2D eigenvalue weighted by molar-refractivity contribution is -0.125. The fourth-order valence-corrected chi connectivity index (χ4v) is 4.94. The molecule has 1 aliphatic rings. The van der Waals surface area contributed by atoms with Crippen LogP contribution in [-0.2, 0) is 18.3 Å². The molecule has 4 rings (SSSR count). The van der Waals surface area contributed by atoms with Crippen molar-refractivity contribution in [3.05, 3.63) is 27.4 Å². The van der Waals surface area contributed by atoms with Crippen LogP contribution in [0.25, 0.3) is 10.2 Å². The molecule has 0 spiro atoms. The molecule has 1 amide bonds. The zero-order valence-corrected chi connectivity index (χ0v) is 18.5. The third-order valence-corrected chi connectivity index (χ3v) is 7.21. The standard InChI is InChI=1S/C19H25N7OS2/c1-11-12(2)29-18-15(11)16(21-10-22-18)26-8-5-13(6-9-26)17(27)20-7-4-14-23-24-19(28)25(14)3/h10,13H,4-9H2,1-3H3,(H,20,27)(H,24,28). The van der Waals surface area contributed by atoms with Gasteiger partial charge in [-0.2, -0.15) is 5.10 Å². The Morgan fingerprint density at radius 1 is 1.34 bits per heavy atom. The van der Waals surface area contributed by atoms with E-state index in [1.807, 2.05) is 11.6 Å². The Kier molecular flexibility index (Phi) is 5.64. The summed E-state index contributed by atoms with van der Waals surface area (Å²) >= 11 is 6.83. The van der Waals surface area contributed by atoms with Crippen molar-refractivity contribution in [2.24, 2.45) is 13.0 Å². The van der Waals surface area contributed by atoms with Crippen molar-refractivity contribution in [3.8, 4) is 0 Å². The smallest absolute Gasteiger partial charge is 0.223 e. The van der Waals surface area contributed by atoms with Crippen molar-refractivity contribution in [2.45, 2.75) is 33.1 Å². The maximum absolute atomic E-state index is 12.6. The molecule has 4 heterocycles. The predicted molar refractivity (Wildman–Crippen MR) is 117 cm³/mol. The van der Waals surface area contributed by atoms with Gasteiger partial charge in [-0.15, -0.1) is 11.3 Å². The van der Waals surface area contributed by atoms with Crippen LogP contribution in [0.1, 0.15) is 29.1 Å². The monoisotopic (exact) mass is 431 g/mol. The zero-order chi connectivity index (χ0) is 20.5. The number of carbonyl (C=O) groups is 1. The average Bonchev–Trinajstić information content (AvgIpc) is 3.21. The van der Waals surface area contributed by atoms with Gasteiger partial charge in [-0.3, -0.25) is 9.89 Å². The number of rotatable bonds is 5. The number of thiophene rings is 1. The van der Waals surface area contributed by atoms with Crippen molar-refractivity contribution in [1.29, 1.82) is 0 Å². The Morgan fingerprint density at radius 2 is 2.10 bits per heavy atom. The van der Waals surface area contributed by atoms with Gasteiger partial charge in [-0.05, 0) is 44.5 Å². The summed E-state index contributed by atoms with van der Waals surface area (Å²) in [5, 5.41) is 11.2. The minimum atomic E-state index is 0.0383. The van der Waals surface area contributed by atoms with Crippen LogP contribution in [0.4, 0.5) is 5.82 Å². The number of carbonyl (C=O) groups excluding carboxylic acids is 1. The van der Waals surface area contributed by atoms with E-state index in [9.17, 15) is 4.79 Å². The van der Waals surface area contributed by atoms with Crippen LogP contribution < -0.4 is 10.2 Å². The van der Waals surface area contributed by atoms with Gasteiger partial charge in [-0.1, -0.05) is 0 Å². The lowest BCUT2D eigenvalue weighted by Gasteiger charge is -2.32. The molecule has 3 aromatic rings. The summed E-state index contributed by atoms with van der Waals surface area (Å²) in [6.45, 7) is 6.47. The van der Waals surface area contributed by atoms with Gasteiger partial charge in [0.25, 0.3) is 0 Å². The number of amides is 1. The number of H-pyrrole nitrogens is 1. The molecular formula is C19H25N7OS2. The number of aryl methyl sites for hydroxylation is 2. The second-order valence-corrected chi connectivity index (χ2v) is 9.06. The maximum atomic E-state index is 12.6. The number of anilines is 1. The number of hydrogen-bond acceptors (Lipinski definition) is 7. The van der Waals surface area contributed by atoms with Gasteiger partial charge in [0, 0.05) is 43.9 Å². The van der Waals surface area contributed by atoms with Crippen LogP contribution in [0.15, 0.2) is 6.33 Å². The number of aromatic nitrogens is 5. The van der Waals surface area contributed by atoms with Crippen molar-refractivity contribution in [3.63, 3.8) is 0 Å². The van der Waals surface area contributed by atoms with E-state index in [4.69, 9.17) is 12.2 Å². The fraction of sp³-hybridized carbons (Fsp3) is 0.526. The van der Waals surface area contributed by atoms with Gasteiger partial charge < -0.3 is 14.8 Å². The first-order valence-electron chi connectivity index (χ1n) is 9.79. The number of nitrogens with one attached hydrogen (secondary N) is 2. The third-order valence-electron chi connectivity index (χ3n) is 5.73. The summed E-state index contributed by atoms with van der Waals surface area (Å²) in [5.74, 6) is 2.01. The normalized spacial score (nSPS) is 15.2. The molecule has 1 aliphatic heterocycles. The molecule has 0 bridgehead atoms. The van der Waals surface area contributed by atoms with E-state index in [1.54, 1.807) is 17.7 Å². The van der Waals surface area contributed by atoms with E-state index in [1.165, 1.54) is 10.4 Å². The van der Waals surface area contributed by atoms with Gasteiger partial charge in [0.05, 0.1) is 5.39 Å². The molecule has 0 atom stereocenters. The minimum Gasteiger partial charge on any atom is -0.356 e. The second kappa shape index (κ2) is 8.19. The van der Waals surface area contributed by atoms with Crippen molar-refractivity contribution in [1.82, 2.24) is 30.0 Å². The van der Waals surface area contributed by atoms with Crippen molar-refractivity contribution in [2.75, 3.05) is 24.5 Å². The summed E-state index contributed by atoms with van der Waals surface area (Å²) in [4.78, 5) is 26.2.